The molecule has 1 aliphatic heterocycles. The molecule has 0 aromatic heterocycles. The smallest absolute Gasteiger partial charge is 0.0734 e. The van der Waals surface area contributed by atoms with Crippen LogP contribution in [0.4, 0.5) is 0 Å². The summed E-state index contributed by atoms with van der Waals surface area (Å²) >= 11 is 0. The summed E-state index contributed by atoms with van der Waals surface area (Å²) in [5.74, 6) is 1.18. The molecule has 0 aromatic carbocycles. The molecule has 4 atom stereocenters. The van der Waals surface area contributed by atoms with Crippen molar-refractivity contribution in [2.24, 2.45) is 22.2 Å². The first-order valence-electron chi connectivity index (χ1n) is 7.00. The van der Waals surface area contributed by atoms with Crippen molar-refractivity contribution in [2.45, 2.75) is 57.0 Å². The van der Waals surface area contributed by atoms with E-state index in [4.69, 9.17) is 4.99 Å². The highest BCUT2D eigenvalue weighted by Crippen LogP contribution is 2.62. The summed E-state index contributed by atoms with van der Waals surface area (Å²) in [6.45, 7) is 0.981. The number of aliphatic imine (C=N–C) groups is 1. The summed E-state index contributed by atoms with van der Waals surface area (Å²) in [6.07, 6.45) is 9.92. The van der Waals surface area contributed by atoms with Gasteiger partial charge in [0, 0.05) is 24.1 Å². The van der Waals surface area contributed by atoms with Crippen LogP contribution in [0.5, 0.6) is 0 Å². The third-order valence-electron chi connectivity index (χ3n) is 5.92. The van der Waals surface area contributed by atoms with E-state index >= 15 is 0 Å². The Hall–Kier alpha value is -0.370. The molecule has 2 bridgehead atoms. The third-order valence-corrected chi connectivity index (χ3v) is 5.92. The predicted octanol–water partition coefficient (Wildman–Crippen LogP) is 2.55. The van der Waals surface area contributed by atoms with Crippen molar-refractivity contribution in [2.75, 3.05) is 6.54 Å². The van der Waals surface area contributed by atoms with Gasteiger partial charge in [0.15, 0.2) is 0 Å². The SMILES string of the molecule is O[C@]12CCC[C@@]3(CCC[C@H]3C3=NCC[C@@H]31)C2. The average Bonchev–Trinajstić information content (AvgIpc) is 2.83. The molecule has 2 nitrogen and oxygen atoms in total. The highest BCUT2D eigenvalue weighted by atomic mass is 16.3. The van der Waals surface area contributed by atoms with Gasteiger partial charge in [0.05, 0.1) is 5.60 Å². The molecule has 1 N–H and O–H groups in total. The fourth-order valence-corrected chi connectivity index (χ4v) is 5.42. The van der Waals surface area contributed by atoms with E-state index < -0.39 is 0 Å². The minimum absolute atomic E-state index is 0.367. The fraction of sp³-hybridized carbons (Fsp3) is 0.929. The van der Waals surface area contributed by atoms with Gasteiger partial charge < -0.3 is 5.11 Å². The van der Waals surface area contributed by atoms with E-state index in [1.165, 1.54) is 37.8 Å². The molecule has 0 unspecified atom stereocenters. The van der Waals surface area contributed by atoms with Gasteiger partial charge in [0.2, 0.25) is 0 Å². The molecule has 4 aliphatic rings. The van der Waals surface area contributed by atoms with Crippen LogP contribution in [0.25, 0.3) is 0 Å². The Labute approximate surface area is 97.1 Å². The maximum atomic E-state index is 10.9. The van der Waals surface area contributed by atoms with Crippen LogP contribution in [0.15, 0.2) is 4.99 Å². The maximum absolute atomic E-state index is 10.9. The van der Waals surface area contributed by atoms with Gasteiger partial charge >= 0.3 is 0 Å². The quantitative estimate of drug-likeness (QED) is 0.667. The second kappa shape index (κ2) is 2.90. The monoisotopic (exact) mass is 219 g/mol. The molecule has 1 spiro atoms. The van der Waals surface area contributed by atoms with Crippen LogP contribution >= 0.6 is 0 Å². The Kier molecular flexibility index (Phi) is 1.75. The van der Waals surface area contributed by atoms with Crippen LogP contribution in [0, 0.1) is 17.3 Å². The first-order valence-corrected chi connectivity index (χ1v) is 7.00. The first-order chi connectivity index (χ1) is 7.74. The molecular weight excluding hydrogens is 198 g/mol. The van der Waals surface area contributed by atoms with E-state index in [2.05, 4.69) is 0 Å². The zero-order chi connectivity index (χ0) is 10.8. The fourth-order valence-electron chi connectivity index (χ4n) is 5.42. The highest BCUT2D eigenvalue weighted by Gasteiger charge is 2.61. The molecule has 0 saturated heterocycles. The Morgan fingerprint density at radius 1 is 1.06 bits per heavy atom. The molecule has 3 fully saturated rings. The number of rotatable bonds is 0. The van der Waals surface area contributed by atoms with Crippen LogP contribution in [0.2, 0.25) is 0 Å². The summed E-state index contributed by atoms with van der Waals surface area (Å²) in [6, 6.07) is 0. The Bertz CT molecular complexity index is 364. The summed E-state index contributed by atoms with van der Waals surface area (Å²) in [4.78, 5) is 4.78. The molecule has 0 aromatic rings. The average molecular weight is 219 g/mol. The number of aliphatic hydroxyl groups is 1. The third kappa shape index (κ3) is 1.000. The molecule has 0 radical (unpaired) electrons. The Morgan fingerprint density at radius 2 is 1.94 bits per heavy atom. The zero-order valence-electron chi connectivity index (χ0n) is 9.91. The van der Waals surface area contributed by atoms with E-state index in [0.717, 1.165) is 31.7 Å². The number of hydrogen-bond donors (Lipinski definition) is 1. The molecule has 3 saturated carbocycles. The second-order valence-electron chi connectivity index (χ2n) is 6.59. The van der Waals surface area contributed by atoms with E-state index in [1.807, 2.05) is 0 Å². The van der Waals surface area contributed by atoms with Crippen LogP contribution < -0.4 is 0 Å². The summed E-state index contributed by atoms with van der Waals surface area (Å²) in [5, 5.41) is 10.9. The van der Waals surface area contributed by atoms with Crippen LogP contribution in [0.1, 0.15) is 51.4 Å². The van der Waals surface area contributed by atoms with E-state index in [9.17, 15) is 5.11 Å². The maximum Gasteiger partial charge on any atom is 0.0734 e. The van der Waals surface area contributed by atoms with Gasteiger partial charge in [-0.25, -0.2) is 0 Å². The predicted molar refractivity (Wildman–Crippen MR) is 63.6 cm³/mol. The Morgan fingerprint density at radius 3 is 2.88 bits per heavy atom. The Balaban J connectivity index is 1.84. The molecule has 0 amide bonds. The summed E-state index contributed by atoms with van der Waals surface area (Å²) < 4.78 is 0. The van der Waals surface area contributed by atoms with Crippen molar-refractivity contribution >= 4 is 5.71 Å². The van der Waals surface area contributed by atoms with Crippen LogP contribution in [-0.4, -0.2) is 23.0 Å². The van der Waals surface area contributed by atoms with Crippen LogP contribution in [-0.2, 0) is 0 Å². The van der Waals surface area contributed by atoms with Gasteiger partial charge in [-0.3, -0.25) is 4.99 Å². The molecule has 4 rings (SSSR count). The lowest BCUT2D eigenvalue weighted by Crippen LogP contribution is -2.57. The van der Waals surface area contributed by atoms with Crippen molar-refractivity contribution in [1.29, 1.82) is 0 Å². The van der Waals surface area contributed by atoms with Gasteiger partial charge in [0.25, 0.3) is 0 Å². The second-order valence-corrected chi connectivity index (χ2v) is 6.59. The molecule has 3 aliphatic carbocycles. The normalized spacial score (nSPS) is 54.4. The van der Waals surface area contributed by atoms with Gasteiger partial charge in [-0.2, -0.15) is 0 Å². The molecule has 16 heavy (non-hydrogen) atoms. The lowest BCUT2D eigenvalue weighted by Gasteiger charge is -2.55. The largest absolute Gasteiger partial charge is 0.389 e. The summed E-state index contributed by atoms with van der Waals surface area (Å²) in [5.41, 5.74) is 1.53. The standard InChI is InChI=1S/C14H21NO/c16-14-7-2-6-13(9-14)5-1-3-10(13)12-11(14)4-8-15-12/h10-11,16H,1-9H2/t10-,11-,13-,14-/m0/s1. The van der Waals surface area contributed by atoms with Crippen molar-refractivity contribution in [3.8, 4) is 0 Å². The molecule has 1 heterocycles. The zero-order valence-corrected chi connectivity index (χ0v) is 9.91. The minimum atomic E-state index is -0.367. The van der Waals surface area contributed by atoms with Crippen molar-refractivity contribution in [3.05, 3.63) is 0 Å². The lowest BCUT2D eigenvalue weighted by molar-refractivity contribution is -0.0947. The summed E-state index contributed by atoms with van der Waals surface area (Å²) in [7, 11) is 0. The molecule has 88 valence electrons. The van der Waals surface area contributed by atoms with Crippen molar-refractivity contribution < 1.29 is 5.11 Å². The minimum Gasteiger partial charge on any atom is -0.389 e. The number of hydrogen-bond acceptors (Lipinski definition) is 2. The van der Waals surface area contributed by atoms with E-state index in [1.54, 1.807) is 0 Å². The number of nitrogens with zero attached hydrogens (tertiary/aromatic N) is 1. The van der Waals surface area contributed by atoms with Gasteiger partial charge in [0.1, 0.15) is 0 Å². The van der Waals surface area contributed by atoms with Crippen LogP contribution in [0.3, 0.4) is 0 Å². The molecular formula is C14H21NO. The highest BCUT2D eigenvalue weighted by molar-refractivity contribution is 5.93. The van der Waals surface area contributed by atoms with Gasteiger partial charge in [-0.1, -0.05) is 6.42 Å². The topological polar surface area (TPSA) is 32.6 Å². The number of fused-ring (bicyclic) bond motifs is 4. The van der Waals surface area contributed by atoms with Crippen molar-refractivity contribution in [1.82, 2.24) is 0 Å². The van der Waals surface area contributed by atoms with E-state index in [-0.39, 0.29) is 5.60 Å². The van der Waals surface area contributed by atoms with E-state index in [0.29, 0.717) is 11.3 Å². The van der Waals surface area contributed by atoms with Gasteiger partial charge in [-0.05, 0) is 50.4 Å². The first kappa shape index (κ1) is 9.64. The van der Waals surface area contributed by atoms with Crippen molar-refractivity contribution in [3.63, 3.8) is 0 Å². The lowest BCUT2D eigenvalue weighted by atomic mass is 9.52. The molecule has 2 heteroatoms. The van der Waals surface area contributed by atoms with Gasteiger partial charge in [-0.15, -0.1) is 0 Å².